The van der Waals surface area contributed by atoms with Crippen molar-refractivity contribution in [3.05, 3.63) is 6.54 Å². The third kappa shape index (κ3) is 1.68. The zero-order valence-electron chi connectivity index (χ0n) is 5.35. The molecule has 1 radical (unpaired) electrons. The highest BCUT2D eigenvalue weighted by Gasteiger charge is 2.14. The third-order valence-electron chi connectivity index (χ3n) is 1.62. The van der Waals surface area contributed by atoms with Gasteiger partial charge in [-0.15, -0.1) is 0 Å². The third-order valence-corrected chi connectivity index (χ3v) is 1.62. The summed E-state index contributed by atoms with van der Waals surface area (Å²) in [5.74, 6) is 0.624. The normalized spacial score (nSPS) is 21.8. The smallest absolute Gasteiger partial charge is 0.0938 e. The Labute approximate surface area is 55.1 Å². The van der Waals surface area contributed by atoms with Crippen molar-refractivity contribution in [1.82, 2.24) is 5.32 Å². The SMILES string of the molecule is N=C(N)C1C[CH]NCC1. The summed E-state index contributed by atoms with van der Waals surface area (Å²) in [6.45, 7) is 2.94. The van der Waals surface area contributed by atoms with E-state index >= 15 is 0 Å². The minimum Gasteiger partial charge on any atom is -0.387 e. The molecule has 0 amide bonds. The fourth-order valence-corrected chi connectivity index (χ4v) is 0.986. The van der Waals surface area contributed by atoms with E-state index in [1.165, 1.54) is 0 Å². The van der Waals surface area contributed by atoms with Gasteiger partial charge in [-0.1, -0.05) is 0 Å². The first-order valence-corrected chi connectivity index (χ1v) is 3.19. The average Bonchev–Trinajstić information content (AvgIpc) is 1.90. The van der Waals surface area contributed by atoms with Gasteiger partial charge >= 0.3 is 0 Å². The summed E-state index contributed by atoms with van der Waals surface area (Å²) in [6, 6.07) is 0. The van der Waals surface area contributed by atoms with Gasteiger partial charge < -0.3 is 11.1 Å². The van der Waals surface area contributed by atoms with E-state index in [0.29, 0.717) is 11.8 Å². The summed E-state index contributed by atoms with van der Waals surface area (Å²) in [4.78, 5) is 0. The van der Waals surface area contributed by atoms with Crippen LogP contribution in [0.3, 0.4) is 0 Å². The summed E-state index contributed by atoms with van der Waals surface area (Å²) in [5.41, 5.74) is 5.30. The zero-order chi connectivity index (χ0) is 6.69. The highest BCUT2D eigenvalue weighted by Crippen LogP contribution is 2.12. The monoisotopic (exact) mass is 126 g/mol. The summed E-state index contributed by atoms with van der Waals surface area (Å²) < 4.78 is 0. The summed E-state index contributed by atoms with van der Waals surface area (Å²) in [5, 5.41) is 10.2. The molecule has 51 valence electrons. The van der Waals surface area contributed by atoms with E-state index in [0.717, 1.165) is 19.4 Å². The van der Waals surface area contributed by atoms with E-state index < -0.39 is 0 Å². The van der Waals surface area contributed by atoms with Crippen LogP contribution in [0.15, 0.2) is 0 Å². The molecule has 0 bridgehead atoms. The highest BCUT2D eigenvalue weighted by molar-refractivity contribution is 5.79. The average molecular weight is 126 g/mol. The van der Waals surface area contributed by atoms with Crippen molar-refractivity contribution in [1.29, 1.82) is 5.41 Å². The second kappa shape index (κ2) is 2.82. The molecule has 0 saturated carbocycles. The fourth-order valence-electron chi connectivity index (χ4n) is 0.986. The first-order valence-electron chi connectivity index (χ1n) is 3.19. The summed E-state index contributed by atoms with van der Waals surface area (Å²) in [6.07, 6.45) is 1.92. The lowest BCUT2D eigenvalue weighted by atomic mass is 9.97. The maximum atomic E-state index is 7.12. The molecule has 1 heterocycles. The van der Waals surface area contributed by atoms with Gasteiger partial charge in [0.15, 0.2) is 0 Å². The van der Waals surface area contributed by atoms with Crippen molar-refractivity contribution < 1.29 is 0 Å². The van der Waals surface area contributed by atoms with Crippen LogP contribution in [-0.4, -0.2) is 12.4 Å². The van der Waals surface area contributed by atoms with Crippen molar-refractivity contribution in [3.8, 4) is 0 Å². The number of nitrogens with two attached hydrogens (primary N) is 1. The lowest BCUT2D eigenvalue weighted by Gasteiger charge is -2.20. The van der Waals surface area contributed by atoms with E-state index in [2.05, 4.69) is 5.32 Å². The van der Waals surface area contributed by atoms with Gasteiger partial charge in [-0.3, -0.25) is 5.41 Å². The molecule has 9 heavy (non-hydrogen) atoms. The molecule has 0 aliphatic carbocycles. The van der Waals surface area contributed by atoms with Gasteiger partial charge in [-0.05, 0) is 19.4 Å². The van der Waals surface area contributed by atoms with E-state index in [4.69, 9.17) is 11.1 Å². The Bertz CT molecular complexity index is 105. The highest BCUT2D eigenvalue weighted by atomic mass is 14.9. The first kappa shape index (κ1) is 6.55. The molecule has 1 atom stereocenters. The van der Waals surface area contributed by atoms with E-state index in [-0.39, 0.29) is 0 Å². The zero-order valence-corrected chi connectivity index (χ0v) is 5.35. The number of rotatable bonds is 1. The number of nitrogens with one attached hydrogen (secondary N) is 2. The Morgan fingerprint density at radius 3 is 2.89 bits per heavy atom. The standard InChI is InChI=1S/C6H12N3/c7-6(8)5-1-3-9-4-2-5/h3,5,9H,1-2,4H2,(H3,7,8). The number of amidine groups is 1. The van der Waals surface area contributed by atoms with Crippen molar-refractivity contribution >= 4 is 5.84 Å². The lowest BCUT2D eigenvalue weighted by Crippen LogP contribution is -2.31. The quantitative estimate of drug-likeness (QED) is 0.344. The van der Waals surface area contributed by atoms with Gasteiger partial charge in [0.05, 0.1) is 5.84 Å². The molecule has 0 aromatic rings. The van der Waals surface area contributed by atoms with Crippen LogP contribution in [0, 0.1) is 17.9 Å². The van der Waals surface area contributed by atoms with Gasteiger partial charge in [0.1, 0.15) is 0 Å². The second-order valence-corrected chi connectivity index (χ2v) is 2.33. The van der Waals surface area contributed by atoms with Crippen molar-refractivity contribution in [3.63, 3.8) is 0 Å². The van der Waals surface area contributed by atoms with Crippen LogP contribution < -0.4 is 11.1 Å². The number of hydrogen-bond acceptors (Lipinski definition) is 2. The Kier molecular flexibility index (Phi) is 2.05. The Morgan fingerprint density at radius 1 is 1.78 bits per heavy atom. The molecule has 4 N–H and O–H groups in total. The van der Waals surface area contributed by atoms with Crippen LogP contribution >= 0.6 is 0 Å². The molecule has 3 heteroatoms. The molecule has 1 aliphatic rings. The van der Waals surface area contributed by atoms with Crippen LogP contribution in [0.4, 0.5) is 0 Å². The van der Waals surface area contributed by atoms with Crippen molar-refractivity contribution in [2.75, 3.05) is 6.54 Å². The maximum absolute atomic E-state index is 7.12. The Balaban J connectivity index is 2.31. The van der Waals surface area contributed by atoms with Gasteiger partial charge in [0, 0.05) is 12.5 Å². The Hall–Kier alpha value is -0.570. The number of hydrogen-bond donors (Lipinski definition) is 3. The molecule has 1 aliphatic heterocycles. The molecule has 1 fully saturated rings. The first-order chi connectivity index (χ1) is 4.30. The van der Waals surface area contributed by atoms with Crippen molar-refractivity contribution in [2.45, 2.75) is 12.8 Å². The molecule has 1 saturated heterocycles. The molecule has 0 spiro atoms. The molecule has 1 unspecified atom stereocenters. The molecule has 3 nitrogen and oxygen atoms in total. The van der Waals surface area contributed by atoms with Gasteiger partial charge in [0.25, 0.3) is 0 Å². The van der Waals surface area contributed by atoms with Crippen LogP contribution in [0.5, 0.6) is 0 Å². The molecule has 0 aromatic carbocycles. The largest absolute Gasteiger partial charge is 0.387 e. The summed E-state index contributed by atoms with van der Waals surface area (Å²) in [7, 11) is 0. The molecule has 0 aromatic heterocycles. The fraction of sp³-hybridized carbons (Fsp3) is 0.667. The van der Waals surface area contributed by atoms with E-state index in [9.17, 15) is 0 Å². The minimum atomic E-state index is 0.297. The van der Waals surface area contributed by atoms with Gasteiger partial charge in [-0.2, -0.15) is 0 Å². The van der Waals surface area contributed by atoms with Crippen LogP contribution in [0.25, 0.3) is 0 Å². The molecular formula is C6H12N3. The topological polar surface area (TPSA) is 61.9 Å². The Morgan fingerprint density at radius 2 is 2.56 bits per heavy atom. The predicted octanol–water partition coefficient (Wildman–Crippen LogP) is 0.0838. The van der Waals surface area contributed by atoms with Crippen molar-refractivity contribution in [2.24, 2.45) is 11.7 Å². The van der Waals surface area contributed by atoms with Crippen LogP contribution in [0.2, 0.25) is 0 Å². The van der Waals surface area contributed by atoms with E-state index in [1.54, 1.807) is 0 Å². The summed E-state index contributed by atoms with van der Waals surface area (Å²) >= 11 is 0. The second-order valence-electron chi connectivity index (χ2n) is 2.33. The lowest BCUT2D eigenvalue weighted by molar-refractivity contribution is 0.503. The van der Waals surface area contributed by atoms with Crippen LogP contribution in [0.1, 0.15) is 12.8 Å². The number of piperidine rings is 1. The van der Waals surface area contributed by atoms with Gasteiger partial charge in [-0.25, -0.2) is 0 Å². The molecule has 1 rings (SSSR count). The van der Waals surface area contributed by atoms with Crippen LogP contribution in [-0.2, 0) is 0 Å². The van der Waals surface area contributed by atoms with Gasteiger partial charge in [0.2, 0.25) is 0 Å². The minimum absolute atomic E-state index is 0.297. The maximum Gasteiger partial charge on any atom is 0.0938 e. The molecular weight excluding hydrogens is 114 g/mol. The van der Waals surface area contributed by atoms with E-state index in [1.807, 2.05) is 6.54 Å². The predicted molar refractivity (Wildman–Crippen MR) is 36.9 cm³/mol.